The lowest BCUT2D eigenvalue weighted by molar-refractivity contribution is 0.145. The van der Waals surface area contributed by atoms with Gasteiger partial charge in [-0.05, 0) is 32.2 Å². The van der Waals surface area contributed by atoms with Crippen LogP contribution in [0.1, 0.15) is 51.8 Å². The summed E-state index contributed by atoms with van der Waals surface area (Å²) in [6.07, 6.45) is 2.99. The zero-order valence-corrected chi connectivity index (χ0v) is 12.9. The predicted molar refractivity (Wildman–Crippen MR) is 77.1 cm³/mol. The Bertz CT molecular complexity index is 408. The van der Waals surface area contributed by atoms with E-state index in [4.69, 9.17) is 4.42 Å². The molecule has 1 saturated heterocycles. The van der Waals surface area contributed by atoms with Crippen LogP contribution >= 0.6 is 0 Å². The van der Waals surface area contributed by atoms with E-state index < -0.39 is 0 Å². The molecule has 0 bridgehead atoms. The predicted octanol–water partition coefficient (Wildman–Crippen LogP) is 2.75. The first-order valence-corrected chi connectivity index (χ1v) is 7.27. The lowest BCUT2D eigenvalue weighted by Gasteiger charge is -2.35. The van der Waals surface area contributed by atoms with Crippen molar-refractivity contribution in [2.75, 3.05) is 19.6 Å². The van der Waals surface area contributed by atoms with E-state index in [9.17, 15) is 0 Å². The van der Waals surface area contributed by atoms with Crippen molar-refractivity contribution in [2.45, 2.75) is 53.1 Å². The van der Waals surface area contributed by atoms with Gasteiger partial charge < -0.3 is 9.73 Å². The van der Waals surface area contributed by atoms with Crippen LogP contribution in [0.25, 0.3) is 0 Å². The number of oxazole rings is 1. The van der Waals surface area contributed by atoms with Gasteiger partial charge in [0.15, 0.2) is 0 Å². The van der Waals surface area contributed by atoms with Gasteiger partial charge in [0.25, 0.3) is 0 Å². The van der Waals surface area contributed by atoms with Crippen LogP contribution < -0.4 is 5.32 Å². The van der Waals surface area contributed by atoms with E-state index in [-0.39, 0.29) is 11.5 Å². The standard InChI is InChI=1S/C15H27N3O/c1-11-9-17-14(19-11)12(2)18-8-6-7-16-13(10-18)15(3,4)5/h9,12-13,16H,6-8,10H2,1-5H3. The molecule has 1 aliphatic heterocycles. The molecule has 0 amide bonds. The zero-order chi connectivity index (χ0) is 14.0. The third-order valence-corrected chi connectivity index (χ3v) is 4.02. The number of aromatic nitrogens is 1. The first kappa shape index (κ1) is 14.5. The summed E-state index contributed by atoms with van der Waals surface area (Å²) in [4.78, 5) is 6.87. The van der Waals surface area contributed by atoms with E-state index in [0.29, 0.717) is 6.04 Å². The van der Waals surface area contributed by atoms with Crippen LogP contribution in [0.4, 0.5) is 0 Å². The molecule has 1 aromatic rings. The van der Waals surface area contributed by atoms with E-state index in [1.807, 2.05) is 13.1 Å². The number of aryl methyl sites for hydroxylation is 1. The normalized spacial score (nSPS) is 24.2. The summed E-state index contributed by atoms with van der Waals surface area (Å²) < 4.78 is 5.69. The summed E-state index contributed by atoms with van der Waals surface area (Å²) in [6.45, 7) is 14.3. The fourth-order valence-electron chi connectivity index (χ4n) is 2.60. The van der Waals surface area contributed by atoms with Gasteiger partial charge in [-0.3, -0.25) is 4.90 Å². The molecule has 2 unspecified atom stereocenters. The molecule has 0 radical (unpaired) electrons. The molecule has 2 atom stereocenters. The Labute approximate surface area is 116 Å². The first-order valence-electron chi connectivity index (χ1n) is 7.27. The van der Waals surface area contributed by atoms with Crippen LogP contribution in [0.5, 0.6) is 0 Å². The smallest absolute Gasteiger partial charge is 0.211 e. The minimum absolute atomic E-state index is 0.249. The van der Waals surface area contributed by atoms with Crippen LogP contribution in [-0.4, -0.2) is 35.6 Å². The Balaban J connectivity index is 2.09. The molecule has 1 N–H and O–H groups in total. The molecular weight excluding hydrogens is 238 g/mol. The quantitative estimate of drug-likeness (QED) is 0.892. The van der Waals surface area contributed by atoms with Crippen molar-refractivity contribution in [3.05, 3.63) is 17.8 Å². The van der Waals surface area contributed by atoms with Gasteiger partial charge in [0, 0.05) is 19.1 Å². The van der Waals surface area contributed by atoms with Crippen molar-refractivity contribution in [3.63, 3.8) is 0 Å². The average molecular weight is 265 g/mol. The fraction of sp³-hybridized carbons (Fsp3) is 0.800. The van der Waals surface area contributed by atoms with Crippen molar-refractivity contribution in [1.82, 2.24) is 15.2 Å². The van der Waals surface area contributed by atoms with Crippen LogP contribution in [0.15, 0.2) is 10.6 Å². The van der Waals surface area contributed by atoms with Crippen LogP contribution in [0, 0.1) is 12.3 Å². The largest absolute Gasteiger partial charge is 0.444 e. The third kappa shape index (κ3) is 3.57. The number of rotatable bonds is 2. The van der Waals surface area contributed by atoms with Crippen LogP contribution in [0.3, 0.4) is 0 Å². The molecule has 1 fully saturated rings. The molecule has 0 saturated carbocycles. The molecule has 2 heterocycles. The van der Waals surface area contributed by atoms with Gasteiger partial charge in [0.2, 0.25) is 5.89 Å². The second-order valence-electron chi connectivity index (χ2n) is 6.71. The number of hydrogen-bond acceptors (Lipinski definition) is 4. The molecule has 4 heteroatoms. The second-order valence-corrected chi connectivity index (χ2v) is 6.71. The van der Waals surface area contributed by atoms with Crippen molar-refractivity contribution >= 4 is 0 Å². The number of nitrogens with zero attached hydrogens (tertiary/aromatic N) is 2. The van der Waals surface area contributed by atoms with Crippen molar-refractivity contribution < 1.29 is 4.42 Å². The van der Waals surface area contributed by atoms with Crippen molar-refractivity contribution in [3.8, 4) is 0 Å². The molecule has 2 rings (SSSR count). The van der Waals surface area contributed by atoms with Crippen LogP contribution in [-0.2, 0) is 0 Å². The van der Waals surface area contributed by atoms with Gasteiger partial charge in [0.1, 0.15) is 5.76 Å². The molecule has 19 heavy (non-hydrogen) atoms. The highest BCUT2D eigenvalue weighted by Crippen LogP contribution is 2.26. The maximum atomic E-state index is 5.69. The third-order valence-electron chi connectivity index (χ3n) is 4.02. The van der Waals surface area contributed by atoms with E-state index in [2.05, 4.69) is 42.9 Å². The van der Waals surface area contributed by atoms with E-state index >= 15 is 0 Å². The van der Waals surface area contributed by atoms with Crippen LogP contribution in [0.2, 0.25) is 0 Å². The molecule has 0 spiro atoms. The van der Waals surface area contributed by atoms with E-state index in [0.717, 1.165) is 31.3 Å². The minimum Gasteiger partial charge on any atom is -0.444 e. The Morgan fingerprint density at radius 2 is 2.21 bits per heavy atom. The Morgan fingerprint density at radius 3 is 2.79 bits per heavy atom. The topological polar surface area (TPSA) is 41.3 Å². The SMILES string of the molecule is Cc1cnc(C(C)N2CCCNC(C(C)(C)C)C2)o1. The summed E-state index contributed by atoms with van der Waals surface area (Å²) in [6, 6.07) is 0.756. The Morgan fingerprint density at radius 1 is 1.47 bits per heavy atom. The fourth-order valence-corrected chi connectivity index (χ4v) is 2.60. The maximum Gasteiger partial charge on any atom is 0.211 e. The lowest BCUT2D eigenvalue weighted by Crippen LogP contribution is -2.46. The van der Waals surface area contributed by atoms with Gasteiger partial charge in [-0.25, -0.2) is 4.98 Å². The highest BCUT2D eigenvalue weighted by atomic mass is 16.4. The van der Waals surface area contributed by atoms with Gasteiger partial charge in [-0.2, -0.15) is 0 Å². The molecule has 1 aliphatic rings. The summed E-state index contributed by atoms with van der Waals surface area (Å²) >= 11 is 0. The monoisotopic (exact) mass is 265 g/mol. The molecular formula is C15H27N3O. The number of nitrogens with one attached hydrogen (secondary N) is 1. The summed E-state index contributed by atoms with van der Waals surface area (Å²) in [7, 11) is 0. The molecule has 1 aromatic heterocycles. The highest BCUT2D eigenvalue weighted by Gasteiger charge is 2.31. The molecule has 0 aromatic carbocycles. The molecule has 108 valence electrons. The molecule has 0 aliphatic carbocycles. The molecule has 4 nitrogen and oxygen atoms in total. The van der Waals surface area contributed by atoms with Crippen molar-refractivity contribution in [1.29, 1.82) is 0 Å². The van der Waals surface area contributed by atoms with Crippen molar-refractivity contribution in [2.24, 2.45) is 5.41 Å². The van der Waals surface area contributed by atoms with Gasteiger partial charge in [-0.15, -0.1) is 0 Å². The lowest BCUT2D eigenvalue weighted by atomic mass is 9.86. The maximum absolute atomic E-state index is 5.69. The minimum atomic E-state index is 0.249. The Kier molecular flexibility index (Phi) is 4.31. The summed E-state index contributed by atoms with van der Waals surface area (Å²) in [5.74, 6) is 1.73. The summed E-state index contributed by atoms with van der Waals surface area (Å²) in [5.41, 5.74) is 0.273. The zero-order valence-electron chi connectivity index (χ0n) is 12.9. The van der Waals surface area contributed by atoms with E-state index in [1.54, 1.807) is 0 Å². The second kappa shape index (κ2) is 5.63. The summed E-state index contributed by atoms with van der Waals surface area (Å²) in [5, 5.41) is 3.67. The van der Waals surface area contributed by atoms with Gasteiger partial charge >= 0.3 is 0 Å². The van der Waals surface area contributed by atoms with Gasteiger partial charge in [0.05, 0.1) is 12.2 Å². The average Bonchev–Trinajstić information content (AvgIpc) is 2.62. The number of hydrogen-bond donors (Lipinski definition) is 1. The highest BCUT2D eigenvalue weighted by molar-refractivity contribution is 4.97. The van der Waals surface area contributed by atoms with Gasteiger partial charge in [-0.1, -0.05) is 20.8 Å². The van der Waals surface area contributed by atoms with E-state index in [1.165, 1.54) is 6.42 Å². The Hall–Kier alpha value is -0.870. The first-order chi connectivity index (χ1) is 8.88.